The Bertz CT molecular complexity index is 2720. The van der Waals surface area contributed by atoms with E-state index in [0.717, 1.165) is 6.07 Å². The first-order valence-electron chi connectivity index (χ1n) is 20.5. The van der Waals surface area contributed by atoms with Crippen LogP contribution in [0.15, 0.2) is 88.6 Å². The monoisotopic (exact) mass is 989 g/mol. The summed E-state index contributed by atoms with van der Waals surface area (Å²) in [7, 11) is -3.85. The van der Waals surface area contributed by atoms with E-state index in [1.807, 2.05) is 38.7 Å². The van der Waals surface area contributed by atoms with Gasteiger partial charge in [-0.2, -0.15) is 10.2 Å². The predicted molar refractivity (Wildman–Crippen MR) is 245 cm³/mol. The average molecular weight is 991 g/mol. The molecule has 65 heavy (non-hydrogen) atoms. The number of benzene rings is 3. The summed E-state index contributed by atoms with van der Waals surface area (Å²) < 4.78 is 55.7. The number of ether oxygens (including phenoxy) is 2. The summed E-state index contributed by atoms with van der Waals surface area (Å²) in [5, 5.41) is 18.6. The van der Waals surface area contributed by atoms with E-state index >= 15 is 0 Å². The second kappa shape index (κ2) is 19.2. The second-order valence-electron chi connectivity index (χ2n) is 16.7. The van der Waals surface area contributed by atoms with Gasteiger partial charge in [0.1, 0.15) is 29.6 Å². The zero-order valence-corrected chi connectivity index (χ0v) is 38.9. The van der Waals surface area contributed by atoms with E-state index < -0.39 is 32.6 Å². The Hall–Kier alpha value is -5.98. The molecule has 1 aliphatic carbocycles. The van der Waals surface area contributed by atoms with E-state index in [-0.39, 0.29) is 65.2 Å². The molecule has 0 unspecified atom stereocenters. The number of hydrogen-bond acceptors (Lipinski definition) is 14. The zero-order chi connectivity index (χ0) is 46.7. The van der Waals surface area contributed by atoms with Crippen LogP contribution in [-0.4, -0.2) is 84.7 Å². The molecule has 0 bridgehead atoms. The number of nitriles is 1. The number of primary amides is 1. The quantitative estimate of drug-likeness (QED) is 0.0636. The van der Waals surface area contributed by atoms with E-state index in [2.05, 4.69) is 56.5 Å². The number of carbonyl (C=O) groups excluding carboxylic acids is 2. The van der Waals surface area contributed by atoms with Crippen LogP contribution in [0.2, 0.25) is 5.02 Å². The van der Waals surface area contributed by atoms with Crippen molar-refractivity contribution in [3.63, 3.8) is 0 Å². The number of sulfonamides is 1. The van der Waals surface area contributed by atoms with Gasteiger partial charge in [-0.15, -0.1) is 0 Å². The molecular formula is C44H46BrClFN11O6S. The van der Waals surface area contributed by atoms with Crippen LogP contribution in [0.25, 0.3) is 0 Å². The van der Waals surface area contributed by atoms with Crippen molar-refractivity contribution in [3.05, 3.63) is 111 Å². The fourth-order valence-electron chi connectivity index (χ4n) is 8.49. The first kappa shape index (κ1) is 47.0. The number of halogens is 3. The lowest BCUT2D eigenvalue weighted by atomic mass is 9.49. The number of anilines is 5. The van der Waals surface area contributed by atoms with Crippen molar-refractivity contribution in [1.29, 1.82) is 5.26 Å². The van der Waals surface area contributed by atoms with Crippen LogP contribution < -0.4 is 36.0 Å². The number of nitrogens with two attached hydrogens (primary N) is 1. The Kier molecular flexibility index (Phi) is 13.9. The third-order valence-corrected chi connectivity index (χ3v) is 13.9. The van der Waals surface area contributed by atoms with E-state index in [1.54, 1.807) is 30.3 Å². The molecule has 2 amide bonds. The van der Waals surface area contributed by atoms with Crippen molar-refractivity contribution < 1.29 is 31.9 Å². The van der Waals surface area contributed by atoms with E-state index in [9.17, 15) is 27.7 Å². The van der Waals surface area contributed by atoms with Gasteiger partial charge >= 0.3 is 0 Å². The van der Waals surface area contributed by atoms with Gasteiger partial charge in [-0.05, 0) is 77.3 Å². The smallest absolute Gasteiger partial charge is 0.254 e. The van der Waals surface area contributed by atoms with Crippen LogP contribution >= 0.6 is 27.5 Å². The Morgan fingerprint density at radius 2 is 1.69 bits per heavy atom. The van der Waals surface area contributed by atoms with Crippen LogP contribution in [-0.2, 0) is 14.8 Å². The fraction of sp³-hybridized carbons (Fsp3) is 0.341. The standard InChI is InChI=1S/C44H46BrClFN11O6S/c1-43(2)39(44(3,4)40(43)64-29-11-8-25(21-48)32(46)20-29)57-38(60)26-22-51-42(52-23-26)58-17-14-28(15-18-58)63-19-16-53-65(61,62)30-12-9-27(10-13-30)54-41-50-24-31(45)37(56-41)55-34-7-5-6-33(47)35(34)36(49)59/h5-13,20,22-24,28,39-40,53H,14-19H2,1-4H3,(H2,49,59)(H,57,60)(H2,50,54,55,56). The van der Waals surface area contributed by atoms with Crippen LogP contribution in [0.5, 0.6) is 5.75 Å². The SMILES string of the molecule is CC1(C)C(NC(=O)c2cnc(N3CCC(OCCNS(=O)(=O)c4ccc(Nc5ncc(Br)c(Nc6cccc(F)c6C(N)=O)n5)cc4)CC3)nc2)C(C)(C)C1Oc1ccc(C#N)c(Cl)c1. The maximum atomic E-state index is 14.3. The van der Waals surface area contributed by atoms with Gasteiger partial charge < -0.3 is 36.1 Å². The van der Waals surface area contributed by atoms with Crippen LogP contribution in [0.4, 0.5) is 33.5 Å². The van der Waals surface area contributed by atoms with Gasteiger partial charge in [0.25, 0.3) is 11.8 Å². The first-order valence-corrected chi connectivity index (χ1v) is 23.1. The van der Waals surface area contributed by atoms with Crippen LogP contribution in [0.3, 0.4) is 0 Å². The summed E-state index contributed by atoms with van der Waals surface area (Å²) >= 11 is 9.57. The highest BCUT2D eigenvalue weighted by atomic mass is 79.9. The molecule has 0 spiro atoms. The van der Waals surface area contributed by atoms with Gasteiger partial charge in [0.15, 0.2) is 0 Å². The molecule has 5 aromatic rings. The molecule has 3 aromatic carbocycles. The summed E-state index contributed by atoms with van der Waals surface area (Å²) in [6, 6.07) is 16.8. The number of nitrogens with zero attached hydrogens (tertiary/aromatic N) is 6. The molecule has 340 valence electrons. The normalized spacial score (nSPS) is 17.9. The summed E-state index contributed by atoms with van der Waals surface area (Å²) in [4.78, 5) is 44.9. The molecule has 1 saturated heterocycles. The summed E-state index contributed by atoms with van der Waals surface area (Å²) in [5.41, 5.74) is 5.51. The Labute approximate surface area is 388 Å². The number of piperidine rings is 1. The molecule has 7 rings (SSSR count). The minimum atomic E-state index is -3.85. The highest BCUT2D eigenvalue weighted by Gasteiger charge is 2.64. The second-order valence-corrected chi connectivity index (χ2v) is 19.7. The summed E-state index contributed by atoms with van der Waals surface area (Å²) in [5.74, 6) is -0.593. The van der Waals surface area contributed by atoms with Crippen molar-refractivity contribution in [3.8, 4) is 11.8 Å². The van der Waals surface area contributed by atoms with Gasteiger partial charge in [0, 0.05) is 66.9 Å². The summed E-state index contributed by atoms with van der Waals surface area (Å²) in [6.45, 7) is 9.61. The number of hydrogen-bond donors (Lipinski definition) is 5. The molecular weight excluding hydrogens is 945 g/mol. The number of rotatable bonds is 16. The Morgan fingerprint density at radius 3 is 2.34 bits per heavy atom. The molecule has 2 aromatic heterocycles. The van der Waals surface area contributed by atoms with Crippen molar-refractivity contribution in [2.45, 2.75) is 63.7 Å². The molecule has 2 aliphatic rings. The highest BCUT2D eigenvalue weighted by Crippen LogP contribution is 2.55. The molecule has 0 atom stereocenters. The predicted octanol–water partition coefficient (Wildman–Crippen LogP) is 6.86. The molecule has 0 radical (unpaired) electrons. The average Bonchev–Trinajstić information content (AvgIpc) is 3.27. The molecule has 3 heterocycles. The number of carbonyl (C=O) groups is 2. The fourth-order valence-corrected chi connectivity index (χ4v) is 10.0. The van der Waals surface area contributed by atoms with Crippen LogP contribution in [0.1, 0.15) is 66.8 Å². The lowest BCUT2D eigenvalue weighted by Crippen LogP contribution is -2.74. The Morgan fingerprint density at radius 1 is 1.00 bits per heavy atom. The number of amides is 2. The first-order chi connectivity index (χ1) is 30.9. The number of aromatic nitrogens is 4. The summed E-state index contributed by atoms with van der Waals surface area (Å²) in [6.07, 6.45) is 5.52. The largest absolute Gasteiger partial charge is 0.489 e. The molecule has 6 N–H and O–H groups in total. The third kappa shape index (κ3) is 10.4. The zero-order valence-electron chi connectivity index (χ0n) is 35.7. The topological polar surface area (TPSA) is 239 Å². The van der Waals surface area contributed by atoms with Crippen molar-refractivity contribution in [2.75, 3.05) is 41.8 Å². The minimum absolute atomic E-state index is 0.0465. The van der Waals surface area contributed by atoms with Crippen molar-refractivity contribution in [1.82, 2.24) is 30.0 Å². The van der Waals surface area contributed by atoms with E-state index in [0.29, 0.717) is 63.9 Å². The molecule has 2 fully saturated rings. The third-order valence-electron chi connectivity index (χ3n) is 11.5. The molecule has 1 saturated carbocycles. The maximum Gasteiger partial charge on any atom is 0.254 e. The Balaban J connectivity index is 0.835. The number of nitrogens with one attached hydrogen (secondary N) is 4. The van der Waals surface area contributed by atoms with Gasteiger partial charge in [-0.3, -0.25) is 9.59 Å². The van der Waals surface area contributed by atoms with Gasteiger partial charge in [-0.1, -0.05) is 45.4 Å². The lowest BCUT2D eigenvalue weighted by Gasteiger charge is -2.63. The van der Waals surface area contributed by atoms with E-state index in [1.165, 1.54) is 42.9 Å². The van der Waals surface area contributed by atoms with Gasteiger partial charge in [0.2, 0.25) is 21.9 Å². The maximum absolute atomic E-state index is 14.3. The van der Waals surface area contributed by atoms with Gasteiger partial charge in [0.05, 0.1) is 49.5 Å². The molecule has 21 heteroatoms. The molecule has 17 nitrogen and oxygen atoms in total. The minimum Gasteiger partial charge on any atom is -0.489 e. The van der Waals surface area contributed by atoms with Crippen LogP contribution in [0, 0.1) is 28.0 Å². The molecule has 1 aliphatic heterocycles. The highest BCUT2D eigenvalue weighted by molar-refractivity contribution is 9.10. The van der Waals surface area contributed by atoms with Crippen molar-refractivity contribution in [2.24, 2.45) is 16.6 Å². The van der Waals surface area contributed by atoms with Gasteiger partial charge in [-0.25, -0.2) is 32.5 Å². The lowest BCUT2D eigenvalue weighted by molar-refractivity contribution is -0.164. The van der Waals surface area contributed by atoms with Crippen molar-refractivity contribution >= 4 is 78.5 Å². The van der Waals surface area contributed by atoms with E-state index in [4.69, 9.17) is 26.8 Å².